The zero-order valence-electron chi connectivity index (χ0n) is 12.6. The van der Waals surface area contributed by atoms with Crippen molar-refractivity contribution in [2.75, 3.05) is 26.9 Å². The highest BCUT2D eigenvalue weighted by molar-refractivity contribution is 5.94. The van der Waals surface area contributed by atoms with Gasteiger partial charge in [-0.3, -0.25) is 4.79 Å². The molecule has 0 unspecified atom stereocenters. The van der Waals surface area contributed by atoms with Crippen LogP contribution < -0.4 is 10.1 Å². The van der Waals surface area contributed by atoms with Gasteiger partial charge in [-0.25, -0.2) is 9.48 Å². The van der Waals surface area contributed by atoms with Gasteiger partial charge in [0.05, 0.1) is 25.6 Å². The molecule has 1 aromatic carbocycles. The van der Waals surface area contributed by atoms with Crippen LogP contribution in [-0.4, -0.2) is 53.6 Å². The van der Waals surface area contributed by atoms with Crippen LogP contribution in [0.2, 0.25) is 0 Å². The lowest BCUT2D eigenvalue weighted by Gasteiger charge is -2.04. The quantitative estimate of drug-likeness (QED) is 0.695. The molecule has 1 aromatic heterocycles. The summed E-state index contributed by atoms with van der Waals surface area (Å²) in [4.78, 5) is 22.4. The average Bonchev–Trinajstić information content (AvgIpc) is 2.99. The summed E-state index contributed by atoms with van der Waals surface area (Å²) in [7, 11) is 1.46. The lowest BCUT2D eigenvalue weighted by molar-refractivity contribution is -0.142. The predicted molar refractivity (Wildman–Crippen MR) is 80.9 cm³/mol. The fourth-order valence-electron chi connectivity index (χ4n) is 1.86. The Labute approximate surface area is 132 Å². The second-order valence-corrected chi connectivity index (χ2v) is 4.53. The predicted octanol–water partition coefficient (Wildman–Crippen LogP) is 0.712. The van der Waals surface area contributed by atoms with Gasteiger partial charge >= 0.3 is 5.97 Å². The van der Waals surface area contributed by atoms with Gasteiger partial charge in [-0.15, -0.1) is 0 Å². The van der Waals surface area contributed by atoms with Crippen molar-refractivity contribution in [2.24, 2.45) is 0 Å². The molecule has 1 amide bonds. The van der Waals surface area contributed by atoms with Crippen molar-refractivity contribution >= 4 is 11.9 Å². The molecule has 122 valence electrons. The van der Waals surface area contributed by atoms with E-state index in [0.29, 0.717) is 5.75 Å². The maximum atomic E-state index is 12.1. The van der Waals surface area contributed by atoms with Gasteiger partial charge in [0.2, 0.25) is 0 Å². The maximum absolute atomic E-state index is 12.1. The number of carboxylic acids is 1. The van der Waals surface area contributed by atoms with Crippen LogP contribution in [0, 0.1) is 0 Å². The highest BCUT2D eigenvalue weighted by Gasteiger charge is 2.17. The Hall–Kier alpha value is -2.87. The van der Waals surface area contributed by atoms with Crippen LogP contribution in [0.5, 0.6) is 5.75 Å². The van der Waals surface area contributed by atoms with Crippen molar-refractivity contribution in [1.29, 1.82) is 0 Å². The van der Waals surface area contributed by atoms with Crippen molar-refractivity contribution in [1.82, 2.24) is 15.1 Å². The molecule has 0 atom stereocenters. The van der Waals surface area contributed by atoms with Crippen LogP contribution in [-0.2, 0) is 9.53 Å². The Bertz CT molecular complexity index is 669. The number of carbonyl (C=O) groups is 2. The Balaban J connectivity index is 1.99. The summed E-state index contributed by atoms with van der Waals surface area (Å²) < 4.78 is 11.6. The number of amides is 1. The van der Waals surface area contributed by atoms with Gasteiger partial charge in [0.15, 0.2) is 11.4 Å². The number of ether oxygens (including phenoxy) is 2. The van der Waals surface area contributed by atoms with Gasteiger partial charge < -0.3 is 19.9 Å². The third-order valence-electron chi connectivity index (χ3n) is 2.89. The number of rotatable bonds is 8. The van der Waals surface area contributed by atoms with Gasteiger partial charge in [0, 0.05) is 6.54 Å². The molecular formula is C15H17N3O5. The highest BCUT2D eigenvalue weighted by atomic mass is 16.5. The summed E-state index contributed by atoms with van der Waals surface area (Å²) in [5, 5.41) is 15.3. The van der Waals surface area contributed by atoms with E-state index >= 15 is 0 Å². The molecule has 23 heavy (non-hydrogen) atoms. The minimum Gasteiger partial charge on any atom is -0.493 e. The fraction of sp³-hybridized carbons (Fsp3) is 0.267. The topological polar surface area (TPSA) is 103 Å². The maximum Gasteiger partial charge on any atom is 0.329 e. The van der Waals surface area contributed by atoms with Crippen LogP contribution in [0.25, 0.3) is 5.69 Å². The molecule has 0 bridgehead atoms. The normalized spacial score (nSPS) is 10.3. The van der Waals surface area contributed by atoms with E-state index < -0.39 is 18.5 Å². The van der Waals surface area contributed by atoms with Crippen LogP contribution in [0.1, 0.15) is 10.5 Å². The smallest absolute Gasteiger partial charge is 0.329 e. The first-order valence-corrected chi connectivity index (χ1v) is 6.88. The van der Waals surface area contributed by atoms with E-state index in [1.807, 2.05) is 30.3 Å². The summed E-state index contributed by atoms with van der Waals surface area (Å²) in [6.45, 7) is -0.130. The Morgan fingerprint density at radius 2 is 2.04 bits per heavy atom. The highest BCUT2D eigenvalue weighted by Crippen LogP contribution is 2.19. The SMILES string of the molecule is COc1cn(-c2ccccc2)nc1C(=O)NCCOCC(=O)O. The molecule has 0 saturated carbocycles. The van der Waals surface area contributed by atoms with Gasteiger partial charge in [-0.1, -0.05) is 18.2 Å². The first-order chi connectivity index (χ1) is 11.1. The molecule has 0 spiro atoms. The molecule has 1 heterocycles. The van der Waals surface area contributed by atoms with E-state index in [1.165, 1.54) is 7.11 Å². The molecule has 0 saturated heterocycles. The number of hydrogen-bond donors (Lipinski definition) is 2. The molecule has 2 N–H and O–H groups in total. The summed E-state index contributed by atoms with van der Waals surface area (Å²) >= 11 is 0. The number of aliphatic carboxylic acids is 1. The Kier molecular flexibility index (Phi) is 5.70. The van der Waals surface area contributed by atoms with E-state index in [9.17, 15) is 9.59 Å². The Morgan fingerprint density at radius 1 is 1.30 bits per heavy atom. The van der Waals surface area contributed by atoms with Gasteiger partial charge in [0.1, 0.15) is 6.61 Å². The fourth-order valence-corrected chi connectivity index (χ4v) is 1.86. The third kappa shape index (κ3) is 4.55. The van der Waals surface area contributed by atoms with E-state index in [-0.39, 0.29) is 18.8 Å². The van der Waals surface area contributed by atoms with Crippen molar-refractivity contribution in [2.45, 2.75) is 0 Å². The lowest BCUT2D eigenvalue weighted by atomic mass is 10.3. The second-order valence-electron chi connectivity index (χ2n) is 4.53. The first-order valence-electron chi connectivity index (χ1n) is 6.88. The number of methoxy groups -OCH3 is 1. The molecule has 0 fully saturated rings. The molecule has 0 aliphatic carbocycles. The van der Waals surface area contributed by atoms with Crippen LogP contribution in [0.3, 0.4) is 0 Å². The summed E-state index contributed by atoms with van der Waals surface area (Å²) in [6.07, 6.45) is 1.62. The van der Waals surface area contributed by atoms with E-state index in [0.717, 1.165) is 5.69 Å². The summed E-state index contributed by atoms with van der Waals surface area (Å²) in [5.74, 6) is -1.13. The molecule has 0 aliphatic rings. The number of nitrogens with one attached hydrogen (secondary N) is 1. The minimum atomic E-state index is -1.06. The average molecular weight is 319 g/mol. The van der Waals surface area contributed by atoms with Crippen LogP contribution >= 0.6 is 0 Å². The van der Waals surface area contributed by atoms with E-state index in [2.05, 4.69) is 10.4 Å². The molecule has 8 heteroatoms. The molecule has 0 radical (unpaired) electrons. The summed E-state index contributed by atoms with van der Waals surface area (Å²) in [5.41, 5.74) is 0.948. The van der Waals surface area contributed by atoms with Crippen LogP contribution in [0.15, 0.2) is 36.5 Å². The van der Waals surface area contributed by atoms with E-state index in [1.54, 1.807) is 10.9 Å². The molecule has 0 aliphatic heterocycles. The largest absolute Gasteiger partial charge is 0.493 e. The van der Waals surface area contributed by atoms with Crippen molar-refractivity contribution in [3.05, 3.63) is 42.2 Å². The Morgan fingerprint density at radius 3 is 2.70 bits per heavy atom. The number of carbonyl (C=O) groups excluding carboxylic acids is 1. The lowest BCUT2D eigenvalue weighted by Crippen LogP contribution is -2.28. The third-order valence-corrected chi connectivity index (χ3v) is 2.89. The number of benzene rings is 1. The first kappa shape index (κ1) is 16.5. The monoisotopic (exact) mass is 319 g/mol. The van der Waals surface area contributed by atoms with Gasteiger partial charge in [0.25, 0.3) is 5.91 Å². The molecule has 2 rings (SSSR count). The van der Waals surface area contributed by atoms with Crippen molar-refractivity contribution in [3.63, 3.8) is 0 Å². The second kappa shape index (κ2) is 7.95. The number of nitrogens with zero attached hydrogens (tertiary/aromatic N) is 2. The molecule has 8 nitrogen and oxygen atoms in total. The number of hydrogen-bond acceptors (Lipinski definition) is 5. The summed E-state index contributed by atoms with van der Waals surface area (Å²) in [6, 6.07) is 9.32. The number of aromatic nitrogens is 2. The van der Waals surface area contributed by atoms with E-state index in [4.69, 9.17) is 14.6 Å². The molecule has 2 aromatic rings. The standard InChI is InChI=1S/C15H17N3O5/c1-22-12-9-18(11-5-3-2-4-6-11)17-14(12)15(21)16-7-8-23-10-13(19)20/h2-6,9H,7-8,10H2,1H3,(H,16,21)(H,19,20). The number of para-hydroxylation sites is 1. The minimum absolute atomic E-state index is 0.0970. The number of carboxylic acid groups (broad SMARTS) is 1. The van der Waals surface area contributed by atoms with Crippen molar-refractivity contribution in [3.8, 4) is 11.4 Å². The zero-order chi connectivity index (χ0) is 16.7. The molecular weight excluding hydrogens is 302 g/mol. The van der Waals surface area contributed by atoms with Gasteiger partial charge in [-0.2, -0.15) is 5.10 Å². The van der Waals surface area contributed by atoms with Gasteiger partial charge in [-0.05, 0) is 12.1 Å². The van der Waals surface area contributed by atoms with Crippen LogP contribution in [0.4, 0.5) is 0 Å². The van der Waals surface area contributed by atoms with Crippen molar-refractivity contribution < 1.29 is 24.2 Å². The zero-order valence-corrected chi connectivity index (χ0v) is 12.6.